The van der Waals surface area contributed by atoms with Crippen LogP contribution >= 0.6 is 0 Å². The molecule has 0 saturated carbocycles. The summed E-state index contributed by atoms with van der Waals surface area (Å²) >= 11 is 0. The Morgan fingerprint density at radius 2 is 1.39 bits per heavy atom. The van der Waals surface area contributed by atoms with E-state index >= 15 is 0 Å². The van der Waals surface area contributed by atoms with Crippen LogP contribution in [0.3, 0.4) is 0 Å². The van der Waals surface area contributed by atoms with Crippen molar-refractivity contribution < 1.29 is 9.47 Å². The minimum atomic E-state index is 0.766. The van der Waals surface area contributed by atoms with Crippen LogP contribution in [0.1, 0.15) is 16.7 Å². The molecule has 0 aliphatic carbocycles. The first-order valence-corrected chi connectivity index (χ1v) is 13.8. The molecule has 4 aromatic carbocycles. The van der Waals surface area contributed by atoms with Gasteiger partial charge in [0.25, 0.3) is 0 Å². The van der Waals surface area contributed by atoms with Gasteiger partial charge in [0.2, 0.25) is 0 Å². The summed E-state index contributed by atoms with van der Waals surface area (Å²) in [6.45, 7) is 7.26. The van der Waals surface area contributed by atoms with E-state index in [4.69, 9.17) is 14.5 Å². The molecule has 1 aliphatic heterocycles. The van der Waals surface area contributed by atoms with Crippen LogP contribution in [0, 0.1) is 20.8 Å². The molecule has 2 heterocycles. The van der Waals surface area contributed by atoms with Crippen molar-refractivity contribution in [1.82, 2.24) is 9.88 Å². The molecule has 6 rings (SSSR count). The lowest BCUT2D eigenvalue weighted by Gasteiger charge is -2.19. The highest BCUT2D eigenvalue weighted by Crippen LogP contribution is 2.37. The van der Waals surface area contributed by atoms with Crippen molar-refractivity contribution in [1.29, 1.82) is 0 Å². The highest BCUT2D eigenvalue weighted by Gasteiger charge is 2.15. The molecular weight excluding hydrogens is 506 g/mol. The Bertz CT molecular complexity index is 1730. The van der Waals surface area contributed by atoms with E-state index in [1.165, 1.54) is 11.1 Å². The molecule has 5 nitrogen and oxygen atoms in total. The van der Waals surface area contributed by atoms with Crippen molar-refractivity contribution in [2.75, 3.05) is 18.6 Å². The number of ether oxygens (including phenoxy) is 2. The average molecular weight is 540 g/mol. The van der Waals surface area contributed by atoms with E-state index in [2.05, 4.69) is 86.4 Å². The maximum atomic E-state index is 6.30. The molecular formula is C36H33N3O2. The van der Waals surface area contributed by atoms with Gasteiger partial charge >= 0.3 is 0 Å². The van der Waals surface area contributed by atoms with E-state index in [1.807, 2.05) is 66.9 Å². The zero-order chi connectivity index (χ0) is 28.3. The van der Waals surface area contributed by atoms with Crippen molar-refractivity contribution in [2.24, 2.45) is 0 Å². The third-order valence-corrected chi connectivity index (χ3v) is 7.61. The maximum Gasteiger partial charge on any atom is 0.131 e. The molecule has 0 fully saturated rings. The highest BCUT2D eigenvalue weighted by atomic mass is 16.5. The number of hydrogen-bond acceptors (Lipinski definition) is 5. The Morgan fingerprint density at radius 1 is 0.634 bits per heavy atom. The van der Waals surface area contributed by atoms with E-state index in [0.29, 0.717) is 0 Å². The summed E-state index contributed by atoms with van der Waals surface area (Å²) < 4.78 is 12.6. The Hall–Kier alpha value is -5.03. The summed E-state index contributed by atoms with van der Waals surface area (Å²) in [5.41, 5.74) is 8.79. The monoisotopic (exact) mass is 539 g/mol. The summed E-state index contributed by atoms with van der Waals surface area (Å²) in [7, 11) is 2.06. The number of rotatable bonds is 7. The second kappa shape index (κ2) is 11.2. The first-order chi connectivity index (χ1) is 19.9. The van der Waals surface area contributed by atoms with Crippen LogP contribution in [0.4, 0.5) is 5.69 Å². The molecule has 1 aromatic heterocycles. The Morgan fingerprint density at radius 3 is 2.17 bits per heavy atom. The van der Waals surface area contributed by atoms with Gasteiger partial charge in [-0.3, -0.25) is 4.98 Å². The van der Waals surface area contributed by atoms with E-state index in [-0.39, 0.29) is 0 Å². The minimum absolute atomic E-state index is 0.766. The summed E-state index contributed by atoms with van der Waals surface area (Å²) in [5, 5.41) is 0. The fraction of sp³-hybridized carbons (Fsp3) is 0.139. The van der Waals surface area contributed by atoms with Crippen molar-refractivity contribution in [3.05, 3.63) is 132 Å². The molecule has 0 atom stereocenters. The highest BCUT2D eigenvalue weighted by molar-refractivity contribution is 5.76. The first-order valence-electron chi connectivity index (χ1n) is 13.8. The van der Waals surface area contributed by atoms with Crippen molar-refractivity contribution in [2.45, 2.75) is 20.8 Å². The molecule has 204 valence electrons. The molecule has 1 aliphatic rings. The van der Waals surface area contributed by atoms with Crippen LogP contribution < -0.4 is 14.4 Å². The molecule has 0 spiro atoms. The van der Waals surface area contributed by atoms with Gasteiger partial charge < -0.3 is 19.3 Å². The second-order valence-corrected chi connectivity index (χ2v) is 10.4. The van der Waals surface area contributed by atoms with Crippen molar-refractivity contribution in [3.63, 3.8) is 0 Å². The lowest BCUT2D eigenvalue weighted by atomic mass is 9.93. The predicted octanol–water partition coefficient (Wildman–Crippen LogP) is 9.11. The number of anilines is 1. The van der Waals surface area contributed by atoms with Gasteiger partial charge in [0.1, 0.15) is 23.0 Å². The maximum absolute atomic E-state index is 6.30. The number of benzene rings is 4. The van der Waals surface area contributed by atoms with Crippen LogP contribution in [0.25, 0.3) is 22.4 Å². The summed E-state index contributed by atoms with van der Waals surface area (Å²) in [6, 6.07) is 32.5. The molecule has 0 unspecified atom stereocenters. The predicted molar refractivity (Wildman–Crippen MR) is 167 cm³/mol. The van der Waals surface area contributed by atoms with Crippen LogP contribution in [0.2, 0.25) is 0 Å². The number of pyridine rings is 1. The number of para-hydroxylation sites is 1. The third kappa shape index (κ3) is 5.66. The van der Waals surface area contributed by atoms with Crippen LogP contribution in [-0.2, 0) is 0 Å². The van der Waals surface area contributed by atoms with Gasteiger partial charge in [-0.2, -0.15) is 0 Å². The molecule has 0 N–H and O–H groups in total. The third-order valence-electron chi connectivity index (χ3n) is 7.61. The Kier molecular flexibility index (Phi) is 7.17. The van der Waals surface area contributed by atoms with Crippen molar-refractivity contribution >= 4 is 5.69 Å². The van der Waals surface area contributed by atoms with Gasteiger partial charge in [0.15, 0.2) is 0 Å². The SMILES string of the molecule is Cc1c(Oc2ccccc2)cc(-c2ccnc(-c3cccc(Oc4cccc(N5C=CN(C)C5)c4)c3)c2)c(C)c1C. The molecule has 41 heavy (non-hydrogen) atoms. The van der Waals surface area contributed by atoms with E-state index in [9.17, 15) is 0 Å². The van der Waals surface area contributed by atoms with E-state index in [0.717, 1.165) is 63.3 Å². The lowest BCUT2D eigenvalue weighted by molar-refractivity contribution is 0.478. The topological polar surface area (TPSA) is 37.8 Å². The standard InChI is InChI=1S/C36H33N3O2/c1-25-26(2)34(23-36(27(25)3)41-31-12-6-5-7-13-31)28-16-17-37-35(21-28)29-10-8-14-32(20-29)40-33-15-9-11-30(22-33)39-19-18-38(4)24-39/h5-23H,24H2,1-4H3. The largest absolute Gasteiger partial charge is 0.457 e. The van der Waals surface area contributed by atoms with Crippen LogP contribution in [0.5, 0.6) is 23.0 Å². The van der Waals surface area contributed by atoms with Crippen LogP contribution in [0.15, 0.2) is 116 Å². The fourth-order valence-corrected chi connectivity index (χ4v) is 5.07. The molecule has 0 amide bonds. The zero-order valence-corrected chi connectivity index (χ0v) is 23.8. The van der Waals surface area contributed by atoms with Crippen molar-refractivity contribution in [3.8, 4) is 45.4 Å². The Balaban J connectivity index is 1.28. The normalized spacial score (nSPS) is 12.6. The summed E-state index contributed by atoms with van der Waals surface area (Å²) in [4.78, 5) is 9.03. The average Bonchev–Trinajstić information content (AvgIpc) is 3.44. The van der Waals surface area contributed by atoms with E-state index in [1.54, 1.807) is 0 Å². The van der Waals surface area contributed by atoms with E-state index < -0.39 is 0 Å². The molecule has 0 bridgehead atoms. The quantitative estimate of drug-likeness (QED) is 0.206. The molecule has 5 aromatic rings. The molecule has 0 saturated heterocycles. The Labute approximate surface area is 241 Å². The summed E-state index contributed by atoms with van der Waals surface area (Å²) in [6.07, 6.45) is 6.01. The van der Waals surface area contributed by atoms with Gasteiger partial charge in [-0.05, 0) is 103 Å². The van der Waals surface area contributed by atoms with Gasteiger partial charge in [0.05, 0.1) is 12.4 Å². The molecule has 0 radical (unpaired) electrons. The van der Waals surface area contributed by atoms with Gasteiger partial charge in [-0.15, -0.1) is 0 Å². The lowest BCUT2D eigenvalue weighted by Crippen LogP contribution is -2.21. The molecule has 5 heteroatoms. The smallest absolute Gasteiger partial charge is 0.131 e. The fourth-order valence-electron chi connectivity index (χ4n) is 5.07. The number of hydrogen-bond donors (Lipinski definition) is 0. The van der Waals surface area contributed by atoms with Gasteiger partial charge in [0, 0.05) is 43.0 Å². The first kappa shape index (κ1) is 26.2. The number of nitrogens with zero attached hydrogens (tertiary/aromatic N) is 3. The van der Waals surface area contributed by atoms with Crippen LogP contribution in [-0.4, -0.2) is 23.6 Å². The zero-order valence-electron chi connectivity index (χ0n) is 23.8. The minimum Gasteiger partial charge on any atom is -0.457 e. The van der Waals surface area contributed by atoms with Gasteiger partial charge in [-0.1, -0.05) is 36.4 Å². The number of aromatic nitrogens is 1. The summed E-state index contributed by atoms with van der Waals surface area (Å²) in [5.74, 6) is 3.25. The van der Waals surface area contributed by atoms with Gasteiger partial charge in [-0.25, -0.2) is 0 Å². The second-order valence-electron chi connectivity index (χ2n) is 10.4.